The maximum atomic E-state index is 4.71. The average Bonchev–Trinajstić information content (AvgIpc) is 2.58. The molecule has 0 aromatic heterocycles. The van der Waals surface area contributed by atoms with E-state index in [1.54, 1.807) is 0 Å². The molecule has 0 saturated carbocycles. The predicted molar refractivity (Wildman–Crippen MR) is 88.0 cm³/mol. The molecule has 0 atom stereocenters. The fraction of sp³-hybridized carbons (Fsp3) is 0. The molecule has 0 unspecified atom stereocenters. The molecule has 0 radical (unpaired) electrons. The van der Waals surface area contributed by atoms with E-state index in [9.17, 15) is 0 Å². The maximum absolute atomic E-state index is 4.71. The molecule has 102 valence electrons. The van der Waals surface area contributed by atoms with Gasteiger partial charge < -0.3 is 5.32 Å². The van der Waals surface area contributed by atoms with Crippen LogP contribution in [0.2, 0.25) is 0 Å². The van der Waals surface area contributed by atoms with Crippen LogP contribution in [-0.4, -0.2) is 5.71 Å². The monoisotopic (exact) mass is 272 g/mol. The van der Waals surface area contributed by atoms with Crippen LogP contribution < -0.4 is 5.32 Å². The molecular formula is C19H16N2. The van der Waals surface area contributed by atoms with E-state index in [0.717, 1.165) is 22.4 Å². The minimum atomic E-state index is 0.976. The highest BCUT2D eigenvalue weighted by Gasteiger charge is 2.05. The molecule has 0 aliphatic carbocycles. The first-order valence-electron chi connectivity index (χ1n) is 6.91. The first-order valence-corrected chi connectivity index (χ1v) is 6.91. The number of hydrogen-bond acceptors (Lipinski definition) is 2. The van der Waals surface area contributed by atoms with Gasteiger partial charge in [-0.3, -0.25) is 4.99 Å². The molecule has 0 saturated heterocycles. The van der Waals surface area contributed by atoms with Crippen molar-refractivity contribution in [2.45, 2.75) is 0 Å². The number of nitrogens with one attached hydrogen (secondary N) is 1. The lowest BCUT2D eigenvalue weighted by atomic mass is 10.0. The number of hydrogen-bond donors (Lipinski definition) is 1. The standard InChI is InChI=1S/C19H16N2/c1-3-7-17(8-4-1)19(18-9-5-2-6-10-18)21-15-16-11-13-20-14-12-16/h1-15,20H. The first kappa shape index (κ1) is 13.1. The number of allylic oxidation sites excluding steroid dienone is 3. The molecule has 2 heteroatoms. The van der Waals surface area contributed by atoms with Crippen LogP contribution in [0.15, 0.2) is 102 Å². The van der Waals surface area contributed by atoms with Gasteiger partial charge >= 0.3 is 0 Å². The third kappa shape index (κ3) is 3.37. The SMILES string of the molecule is C1=CC(=CN=C(c2ccccc2)c2ccccc2)C=CN1. The zero-order chi connectivity index (χ0) is 14.3. The fourth-order valence-corrected chi connectivity index (χ4v) is 2.13. The highest BCUT2D eigenvalue weighted by atomic mass is 14.8. The largest absolute Gasteiger partial charge is 0.368 e. The van der Waals surface area contributed by atoms with Crippen LogP contribution in [0.1, 0.15) is 11.1 Å². The lowest BCUT2D eigenvalue weighted by molar-refractivity contribution is 1.16. The number of rotatable bonds is 3. The molecular weight excluding hydrogens is 256 g/mol. The molecule has 0 bridgehead atoms. The van der Waals surface area contributed by atoms with E-state index >= 15 is 0 Å². The molecule has 2 aromatic carbocycles. The maximum Gasteiger partial charge on any atom is 0.0774 e. The summed E-state index contributed by atoms with van der Waals surface area (Å²) in [6, 6.07) is 20.5. The van der Waals surface area contributed by atoms with Crippen LogP contribution >= 0.6 is 0 Å². The van der Waals surface area contributed by atoms with E-state index in [4.69, 9.17) is 4.99 Å². The molecule has 0 fully saturated rings. The Labute approximate surface area is 124 Å². The van der Waals surface area contributed by atoms with Crippen molar-refractivity contribution in [2.75, 3.05) is 0 Å². The predicted octanol–water partition coefficient (Wildman–Crippen LogP) is 4.04. The Morgan fingerprint density at radius 2 is 1.29 bits per heavy atom. The Morgan fingerprint density at radius 3 is 1.81 bits per heavy atom. The lowest BCUT2D eigenvalue weighted by Gasteiger charge is -2.06. The summed E-state index contributed by atoms with van der Waals surface area (Å²) in [5, 5.41) is 3.02. The third-order valence-electron chi connectivity index (χ3n) is 3.18. The quantitative estimate of drug-likeness (QED) is 0.838. The minimum Gasteiger partial charge on any atom is -0.368 e. The summed E-state index contributed by atoms with van der Waals surface area (Å²) < 4.78 is 0. The summed E-state index contributed by atoms with van der Waals surface area (Å²) >= 11 is 0. The van der Waals surface area contributed by atoms with Gasteiger partial charge in [-0.25, -0.2) is 0 Å². The summed E-state index contributed by atoms with van der Waals surface area (Å²) in [5.74, 6) is 0. The number of dihydropyridines is 1. The second kappa shape index (κ2) is 6.53. The Bertz CT molecular complexity index is 652. The van der Waals surface area contributed by atoms with Gasteiger partial charge in [0, 0.05) is 29.7 Å². The highest BCUT2D eigenvalue weighted by molar-refractivity contribution is 6.13. The van der Waals surface area contributed by atoms with Crippen molar-refractivity contribution >= 4 is 5.71 Å². The van der Waals surface area contributed by atoms with Crippen LogP contribution in [0.4, 0.5) is 0 Å². The van der Waals surface area contributed by atoms with Gasteiger partial charge in [-0.2, -0.15) is 0 Å². The molecule has 1 N–H and O–H groups in total. The van der Waals surface area contributed by atoms with Crippen molar-refractivity contribution in [3.8, 4) is 0 Å². The molecule has 3 rings (SSSR count). The van der Waals surface area contributed by atoms with E-state index < -0.39 is 0 Å². The number of nitrogens with zero attached hydrogens (tertiary/aromatic N) is 1. The Hall–Kier alpha value is -2.87. The molecule has 0 spiro atoms. The summed E-state index contributed by atoms with van der Waals surface area (Å²) in [5.41, 5.74) is 4.27. The molecule has 1 aliphatic heterocycles. The second-order valence-electron chi connectivity index (χ2n) is 4.67. The number of benzene rings is 2. The van der Waals surface area contributed by atoms with Crippen LogP contribution in [0.5, 0.6) is 0 Å². The normalized spacial score (nSPS) is 12.7. The van der Waals surface area contributed by atoms with Crippen molar-refractivity contribution in [1.29, 1.82) is 0 Å². The van der Waals surface area contributed by atoms with E-state index in [1.165, 1.54) is 0 Å². The third-order valence-corrected chi connectivity index (χ3v) is 3.18. The van der Waals surface area contributed by atoms with Crippen LogP contribution in [0, 0.1) is 0 Å². The van der Waals surface area contributed by atoms with Gasteiger partial charge in [0.05, 0.1) is 5.71 Å². The summed E-state index contributed by atoms with van der Waals surface area (Å²) in [4.78, 5) is 4.71. The molecule has 2 aromatic rings. The molecule has 1 aliphatic rings. The van der Waals surface area contributed by atoms with E-state index in [0.29, 0.717) is 0 Å². The van der Waals surface area contributed by atoms with Gasteiger partial charge in [-0.15, -0.1) is 0 Å². The first-order chi connectivity index (χ1) is 10.4. The molecule has 21 heavy (non-hydrogen) atoms. The topological polar surface area (TPSA) is 24.4 Å². The zero-order valence-corrected chi connectivity index (χ0v) is 11.6. The van der Waals surface area contributed by atoms with Gasteiger partial charge in [0.25, 0.3) is 0 Å². The second-order valence-corrected chi connectivity index (χ2v) is 4.67. The van der Waals surface area contributed by atoms with E-state index in [2.05, 4.69) is 29.6 Å². The Morgan fingerprint density at radius 1 is 0.762 bits per heavy atom. The van der Waals surface area contributed by atoms with E-state index in [1.807, 2.05) is 67.2 Å². The van der Waals surface area contributed by atoms with Crippen LogP contribution in [0.25, 0.3) is 0 Å². The summed E-state index contributed by atoms with van der Waals surface area (Å²) in [7, 11) is 0. The Balaban J connectivity index is 2.02. The zero-order valence-electron chi connectivity index (χ0n) is 11.6. The highest BCUT2D eigenvalue weighted by Crippen LogP contribution is 2.12. The van der Waals surface area contributed by atoms with Gasteiger partial charge in [-0.1, -0.05) is 60.7 Å². The van der Waals surface area contributed by atoms with Gasteiger partial charge in [0.2, 0.25) is 0 Å². The van der Waals surface area contributed by atoms with Crippen molar-refractivity contribution in [1.82, 2.24) is 5.32 Å². The van der Waals surface area contributed by atoms with Crippen molar-refractivity contribution in [2.24, 2.45) is 4.99 Å². The average molecular weight is 272 g/mol. The smallest absolute Gasteiger partial charge is 0.0774 e. The van der Waals surface area contributed by atoms with E-state index in [-0.39, 0.29) is 0 Å². The summed E-state index contributed by atoms with van der Waals surface area (Å²) in [6.07, 6.45) is 9.68. The van der Waals surface area contributed by atoms with Crippen molar-refractivity contribution < 1.29 is 0 Å². The van der Waals surface area contributed by atoms with Crippen LogP contribution in [0.3, 0.4) is 0 Å². The van der Waals surface area contributed by atoms with Crippen molar-refractivity contribution in [3.63, 3.8) is 0 Å². The van der Waals surface area contributed by atoms with Crippen molar-refractivity contribution in [3.05, 3.63) is 108 Å². The Kier molecular flexibility index (Phi) is 4.08. The van der Waals surface area contributed by atoms with Crippen LogP contribution in [-0.2, 0) is 0 Å². The summed E-state index contributed by atoms with van der Waals surface area (Å²) in [6.45, 7) is 0. The minimum absolute atomic E-state index is 0.976. The molecule has 2 nitrogen and oxygen atoms in total. The van der Waals surface area contributed by atoms with Gasteiger partial charge in [-0.05, 0) is 17.7 Å². The molecule has 1 heterocycles. The fourth-order valence-electron chi connectivity index (χ4n) is 2.13. The number of aliphatic imine (C=N–C) groups is 1. The van der Waals surface area contributed by atoms with Gasteiger partial charge in [0.1, 0.15) is 0 Å². The van der Waals surface area contributed by atoms with Gasteiger partial charge in [0.15, 0.2) is 0 Å². The lowest BCUT2D eigenvalue weighted by Crippen LogP contribution is -2.02. The molecule has 0 amide bonds.